The van der Waals surface area contributed by atoms with Crippen LogP contribution < -0.4 is 14.3 Å². The van der Waals surface area contributed by atoms with E-state index in [0.717, 1.165) is 10.2 Å². The molecule has 0 radical (unpaired) electrons. The molecule has 0 saturated carbocycles. The molecular formula is C17H13ClN2O3S. The first kappa shape index (κ1) is 15.2. The number of carbonyl (C=O) groups excluding carboxylic acids is 1. The topological polar surface area (TPSA) is 52.8 Å². The summed E-state index contributed by atoms with van der Waals surface area (Å²) in [6.07, 6.45) is -0.749. The fourth-order valence-electron chi connectivity index (χ4n) is 2.57. The molecule has 0 saturated heterocycles. The Morgan fingerprint density at radius 3 is 2.83 bits per heavy atom. The molecule has 0 spiro atoms. The lowest BCUT2D eigenvalue weighted by atomic mass is 10.2. The first-order chi connectivity index (χ1) is 11.6. The lowest BCUT2D eigenvalue weighted by molar-refractivity contribution is -0.127. The molecule has 1 unspecified atom stereocenters. The molecule has 1 amide bonds. The maximum Gasteiger partial charge on any atom is 0.292 e. The molecule has 2 heterocycles. The summed E-state index contributed by atoms with van der Waals surface area (Å²) in [5.41, 5.74) is 0.863. The highest BCUT2D eigenvalue weighted by atomic mass is 35.5. The minimum Gasteiger partial charge on any atom is -0.485 e. The van der Waals surface area contributed by atoms with Crippen LogP contribution in [0.2, 0.25) is 5.02 Å². The van der Waals surface area contributed by atoms with Crippen molar-refractivity contribution in [3.8, 4) is 11.5 Å². The Hall–Kier alpha value is -2.31. The summed E-state index contributed by atoms with van der Waals surface area (Å²) >= 11 is 7.64. The Bertz CT molecular complexity index is 1010. The molecule has 0 aliphatic carbocycles. The average molecular weight is 361 g/mol. The van der Waals surface area contributed by atoms with E-state index in [1.807, 2.05) is 41.9 Å². The van der Waals surface area contributed by atoms with Crippen LogP contribution in [0.15, 0.2) is 47.5 Å². The van der Waals surface area contributed by atoms with Gasteiger partial charge in [0.15, 0.2) is 16.3 Å². The van der Waals surface area contributed by atoms with E-state index in [2.05, 4.69) is 4.99 Å². The van der Waals surface area contributed by atoms with Crippen LogP contribution in [0.3, 0.4) is 0 Å². The van der Waals surface area contributed by atoms with Gasteiger partial charge in [-0.15, -0.1) is 0 Å². The van der Waals surface area contributed by atoms with Crippen molar-refractivity contribution in [2.24, 2.45) is 12.0 Å². The molecule has 4 rings (SSSR count). The third-order valence-corrected chi connectivity index (χ3v) is 5.17. The highest BCUT2D eigenvalue weighted by Gasteiger charge is 2.27. The summed E-state index contributed by atoms with van der Waals surface area (Å²) in [5, 5.41) is 0.631. The normalized spacial score (nSPS) is 17.2. The summed E-state index contributed by atoms with van der Waals surface area (Å²) in [6.45, 7) is 0.148. The summed E-state index contributed by atoms with van der Waals surface area (Å²) in [6, 6.07) is 12.9. The van der Waals surface area contributed by atoms with Crippen molar-refractivity contribution in [3.63, 3.8) is 0 Å². The molecule has 1 aromatic heterocycles. The first-order valence-corrected chi connectivity index (χ1v) is 8.54. The van der Waals surface area contributed by atoms with Crippen molar-refractivity contribution in [2.75, 3.05) is 6.61 Å². The van der Waals surface area contributed by atoms with Crippen molar-refractivity contribution in [3.05, 3.63) is 52.3 Å². The molecule has 1 aliphatic rings. The number of aryl methyl sites for hydroxylation is 1. The molecule has 1 aliphatic heterocycles. The smallest absolute Gasteiger partial charge is 0.292 e. The van der Waals surface area contributed by atoms with E-state index in [9.17, 15) is 4.79 Å². The predicted molar refractivity (Wildman–Crippen MR) is 92.7 cm³/mol. The van der Waals surface area contributed by atoms with Crippen molar-refractivity contribution in [1.29, 1.82) is 0 Å². The number of aromatic nitrogens is 1. The van der Waals surface area contributed by atoms with Crippen molar-refractivity contribution in [1.82, 2.24) is 4.57 Å². The monoisotopic (exact) mass is 360 g/mol. The summed E-state index contributed by atoms with van der Waals surface area (Å²) in [7, 11) is 1.84. The molecule has 24 heavy (non-hydrogen) atoms. The maximum absolute atomic E-state index is 12.5. The molecule has 1 atom stereocenters. The number of carbonyl (C=O) groups is 1. The van der Waals surface area contributed by atoms with Crippen molar-refractivity contribution in [2.45, 2.75) is 6.10 Å². The maximum atomic E-state index is 12.5. The Balaban J connectivity index is 1.68. The Kier molecular flexibility index (Phi) is 3.78. The van der Waals surface area contributed by atoms with Crippen molar-refractivity contribution < 1.29 is 14.3 Å². The van der Waals surface area contributed by atoms with Crippen LogP contribution in [0.4, 0.5) is 0 Å². The van der Waals surface area contributed by atoms with Crippen LogP contribution in [-0.4, -0.2) is 23.2 Å². The molecule has 2 aromatic carbocycles. The number of para-hydroxylation sites is 3. The molecule has 0 N–H and O–H groups in total. The van der Waals surface area contributed by atoms with E-state index < -0.39 is 6.10 Å². The lowest BCUT2D eigenvalue weighted by Gasteiger charge is -2.23. The van der Waals surface area contributed by atoms with Gasteiger partial charge in [-0.1, -0.05) is 41.1 Å². The number of hydrogen-bond donors (Lipinski definition) is 0. The quantitative estimate of drug-likeness (QED) is 0.669. The van der Waals surface area contributed by atoms with Gasteiger partial charge in [-0.05, 0) is 24.3 Å². The number of amides is 1. The molecule has 0 bridgehead atoms. The zero-order chi connectivity index (χ0) is 16.7. The number of fused-ring (bicyclic) bond motifs is 2. The van der Waals surface area contributed by atoms with Gasteiger partial charge < -0.3 is 14.0 Å². The van der Waals surface area contributed by atoms with Crippen LogP contribution in [-0.2, 0) is 11.8 Å². The third-order valence-electron chi connectivity index (χ3n) is 3.76. The van der Waals surface area contributed by atoms with Gasteiger partial charge in [-0.2, -0.15) is 4.99 Å². The van der Waals surface area contributed by atoms with Gasteiger partial charge in [0.25, 0.3) is 5.91 Å². The van der Waals surface area contributed by atoms with Crippen LogP contribution in [0.25, 0.3) is 10.2 Å². The SMILES string of the molecule is Cn1c(=NC(=O)C2COc3ccccc3O2)sc2cccc(Cl)c21. The largest absolute Gasteiger partial charge is 0.485 e. The van der Waals surface area contributed by atoms with Crippen LogP contribution in [0.1, 0.15) is 0 Å². The van der Waals surface area contributed by atoms with Crippen LogP contribution in [0.5, 0.6) is 11.5 Å². The highest BCUT2D eigenvalue weighted by Crippen LogP contribution is 2.31. The van der Waals surface area contributed by atoms with E-state index in [4.69, 9.17) is 21.1 Å². The van der Waals surface area contributed by atoms with Crippen LogP contribution in [0, 0.1) is 0 Å². The van der Waals surface area contributed by atoms with Gasteiger partial charge in [-0.3, -0.25) is 4.79 Å². The molecule has 3 aromatic rings. The van der Waals surface area contributed by atoms with Gasteiger partial charge in [0.05, 0.1) is 15.2 Å². The third kappa shape index (κ3) is 2.57. The predicted octanol–water partition coefficient (Wildman–Crippen LogP) is 3.16. The number of halogens is 1. The van der Waals surface area contributed by atoms with E-state index in [0.29, 0.717) is 21.3 Å². The second-order valence-electron chi connectivity index (χ2n) is 5.34. The lowest BCUT2D eigenvalue weighted by Crippen LogP contribution is -2.36. The minimum absolute atomic E-state index is 0.148. The average Bonchev–Trinajstić information content (AvgIpc) is 2.91. The second kappa shape index (κ2) is 5.96. The number of nitrogens with zero attached hydrogens (tertiary/aromatic N) is 2. The van der Waals surface area contributed by atoms with E-state index in [1.54, 1.807) is 12.1 Å². The molecule has 5 nitrogen and oxygen atoms in total. The molecular weight excluding hydrogens is 348 g/mol. The summed E-state index contributed by atoms with van der Waals surface area (Å²) in [4.78, 5) is 17.3. The van der Waals surface area contributed by atoms with E-state index in [-0.39, 0.29) is 12.5 Å². The van der Waals surface area contributed by atoms with Crippen LogP contribution >= 0.6 is 22.9 Å². The van der Waals surface area contributed by atoms with E-state index in [1.165, 1.54) is 11.3 Å². The first-order valence-electron chi connectivity index (χ1n) is 7.34. The fraction of sp³-hybridized carbons (Fsp3) is 0.176. The Labute approximate surface area is 146 Å². The zero-order valence-electron chi connectivity index (χ0n) is 12.7. The number of benzene rings is 2. The fourth-order valence-corrected chi connectivity index (χ4v) is 3.98. The van der Waals surface area contributed by atoms with Crippen molar-refractivity contribution >= 4 is 39.1 Å². The highest BCUT2D eigenvalue weighted by molar-refractivity contribution is 7.16. The number of hydrogen-bond acceptors (Lipinski definition) is 4. The summed E-state index contributed by atoms with van der Waals surface area (Å²) in [5.74, 6) is 0.824. The number of rotatable bonds is 1. The molecule has 7 heteroatoms. The number of thiazole rings is 1. The molecule has 122 valence electrons. The summed E-state index contributed by atoms with van der Waals surface area (Å²) < 4.78 is 14.1. The minimum atomic E-state index is -0.749. The zero-order valence-corrected chi connectivity index (χ0v) is 14.3. The van der Waals surface area contributed by atoms with Gasteiger partial charge in [0.2, 0.25) is 6.10 Å². The standard InChI is InChI=1S/C17H13ClN2O3S/c1-20-15-10(18)5-4-8-14(15)24-17(20)19-16(21)13-9-22-11-6-2-3-7-12(11)23-13/h2-8,13H,9H2,1H3. The van der Waals surface area contributed by atoms with Gasteiger partial charge in [0.1, 0.15) is 6.61 Å². The number of ether oxygens (including phenoxy) is 2. The Morgan fingerprint density at radius 2 is 2.04 bits per heavy atom. The van der Waals surface area contributed by atoms with Gasteiger partial charge in [0, 0.05) is 7.05 Å². The Morgan fingerprint density at radius 1 is 1.25 bits per heavy atom. The van der Waals surface area contributed by atoms with E-state index >= 15 is 0 Å². The van der Waals surface area contributed by atoms with Gasteiger partial charge in [-0.25, -0.2) is 0 Å². The molecule has 0 fully saturated rings. The second-order valence-corrected chi connectivity index (χ2v) is 6.76. The van der Waals surface area contributed by atoms with Gasteiger partial charge >= 0.3 is 0 Å².